The molecule has 0 spiro atoms. The van der Waals surface area contributed by atoms with Crippen LogP contribution < -0.4 is 0 Å². The standard InChI is InChI=1S/C42H72O3S/c1-3-5-7-9-11-13-15-17-19-21-23-25-27-29-32-38-33-31-34-39-36-37-41(46(43,44)45)40(42(38)39)35-30-28-26-24-22-20-18-16-14-12-10-8-6-4-2/h31,33-34,36-37H,3-30,32,35H2,1-2H3,(H,43,44,45). The number of aryl methyl sites for hydroxylation is 2. The van der Waals surface area contributed by atoms with Gasteiger partial charge in [0, 0.05) is 0 Å². The van der Waals surface area contributed by atoms with Crippen molar-refractivity contribution >= 4 is 20.9 Å². The molecule has 2 rings (SSSR count). The summed E-state index contributed by atoms with van der Waals surface area (Å²) in [7, 11) is -4.26. The summed E-state index contributed by atoms with van der Waals surface area (Å²) in [5.41, 5.74) is 2.07. The largest absolute Gasteiger partial charge is 0.294 e. The third-order valence-corrected chi connectivity index (χ3v) is 11.0. The van der Waals surface area contributed by atoms with Crippen LogP contribution in [0, 0.1) is 0 Å². The molecular weight excluding hydrogens is 585 g/mol. The van der Waals surface area contributed by atoms with Crippen LogP contribution >= 0.6 is 0 Å². The Morgan fingerprint density at radius 2 is 0.826 bits per heavy atom. The van der Waals surface area contributed by atoms with Gasteiger partial charge in [-0.1, -0.05) is 205 Å². The van der Waals surface area contributed by atoms with Crippen molar-refractivity contribution in [3.63, 3.8) is 0 Å². The Hall–Kier alpha value is -1.39. The van der Waals surface area contributed by atoms with Crippen molar-refractivity contribution in [2.75, 3.05) is 0 Å². The minimum Gasteiger partial charge on any atom is -0.282 e. The molecule has 46 heavy (non-hydrogen) atoms. The zero-order chi connectivity index (χ0) is 33.1. The Balaban J connectivity index is 1.73. The van der Waals surface area contributed by atoms with Crippen LogP contribution in [0.1, 0.15) is 205 Å². The van der Waals surface area contributed by atoms with Crippen molar-refractivity contribution in [2.24, 2.45) is 0 Å². The molecule has 0 atom stereocenters. The van der Waals surface area contributed by atoms with Gasteiger partial charge >= 0.3 is 0 Å². The van der Waals surface area contributed by atoms with Gasteiger partial charge in [-0.2, -0.15) is 8.42 Å². The van der Waals surface area contributed by atoms with Gasteiger partial charge in [-0.15, -0.1) is 0 Å². The second-order valence-corrected chi connectivity index (χ2v) is 15.6. The maximum atomic E-state index is 12.4. The summed E-state index contributed by atoms with van der Waals surface area (Å²) in [6.45, 7) is 4.56. The topological polar surface area (TPSA) is 54.4 Å². The number of unbranched alkanes of at least 4 members (excludes halogenated alkanes) is 26. The van der Waals surface area contributed by atoms with E-state index in [0.29, 0.717) is 6.42 Å². The highest BCUT2D eigenvalue weighted by Crippen LogP contribution is 2.31. The van der Waals surface area contributed by atoms with Crippen molar-refractivity contribution in [2.45, 2.75) is 211 Å². The third kappa shape index (κ3) is 18.2. The molecule has 4 heteroatoms. The highest BCUT2D eigenvalue weighted by molar-refractivity contribution is 7.85. The van der Waals surface area contributed by atoms with Crippen LogP contribution in [0.25, 0.3) is 10.8 Å². The second kappa shape index (κ2) is 26.6. The van der Waals surface area contributed by atoms with Crippen LogP contribution in [0.4, 0.5) is 0 Å². The minimum atomic E-state index is -4.26. The van der Waals surface area contributed by atoms with Gasteiger partial charge in [0.15, 0.2) is 0 Å². The molecule has 264 valence electrons. The van der Waals surface area contributed by atoms with Crippen molar-refractivity contribution in [3.05, 3.63) is 41.5 Å². The number of hydrogen-bond acceptors (Lipinski definition) is 2. The molecule has 2 aromatic rings. The molecule has 0 heterocycles. The van der Waals surface area contributed by atoms with Gasteiger partial charge in [-0.25, -0.2) is 0 Å². The van der Waals surface area contributed by atoms with Crippen molar-refractivity contribution in [1.29, 1.82) is 0 Å². The quantitative estimate of drug-likeness (QED) is 0.0649. The van der Waals surface area contributed by atoms with E-state index >= 15 is 0 Å². The van der Waals surface area contributed by atoms with Crippen molar-refractivity contribution in [1.82, 2.24) is 0 Å². The zero-order valence-electron chi connectivity index (χ0n) is 30.3. The molecular formula is C42H72O3S. The lowest BCUT2D eigenvalue weighted by Gasteiger charge is -2.15. The molecule has 0 radical (unpaired) electrons. The molecule has 0 fully saturated rings. The molecule has 0 aliphatic rings. The number of hydrogen-bond donors (Lipinski definition) is 1. The van der Waals surface area contributed by atoms with E-state index in [4.69, 9.17) is 0 Å². The molecule has 0 aliphatic carbocycles. The molecule has 0 amide bonds. The Morgan fingerprint density at radius 3 is 1.22 bits per heavy atom. The number of fused-ring (bicyclic) bond motifs is 1. The average molecular weight is 657 g/mol. The SMILES string of the molecule is CCCCCCCCCCCCCCCCc1cccc2ccc(S(=O)(=O)O)c(CCCCCCCCCCCCCCCC)c12. The fourth-order valence-electron chi connectivity index (χ4n) is 7.22. The predicted octanol–water partition coefficient (Wildman–Crippen LogP) is 14.1. The van der Waals surface area contributed by atoms with Crippen LogP contribution in [0.3, 0.4) is 0 Å². The third-order valence-electron chi connectivity index (χ3n) is 10.1. The first kappa shape index (κ1) is 40.8. The van der Waals surface area contributed by atoms with E-state index in [2.05, 4.69) is 32.0 Å². The normalized spacial score (nSPS) is 12.0. The molecule has 0 aliphatic heterocycles. The molecule has 0 unspecified atom stereocenters. The van der Waals surface area contributed by atoms with Gasteiger partial charge in [-0.05, 0) is 53.6 Å². The van der Waals surface area contributed by atoms with E-state index in [-0.39, 0.29) is 4.90 Å². The van der Waals surface area contributed by atoms with Crippen LogP contribution in [-0.2, 0) is 23.0 Å². The molecule has 0 saturated carbocycles. The van der Waals surface area contributed by atoms with Crippen LogP contribution in [0.2, 0.25) is 0 Å². The number of rotatable bonds is 31. The summed E-state index contributed by atoms with van der Waals surface area (Å²) in [6.07, 6.45) is 38.8. The van der Waals surface area contributed by atoms with Crippen LogP contribution in [0.5, 0.6) is 0 Å². The first-order valence-corrected chi connectivity index (χ1v) is 21.4. The Labute approximate surface area is 285 Å². The Morgan fingerprint density at radius 1 is 0.457 bits per heavy atom. The monoisotopic (exact) mass is 657 g/mol. The lowest BCUT2D eigenvalue weighted by atomic mass is 9.92. The van der Waals surface area contributed by atoms with Gasteiger partial charge in [-0.3, -0.25) is 4.55 Å². The van der Waals surface area contributed by atoms with Crippen molar-refractivity contribution < 1.29 is 13.0 Å². The maximum absolute atomic E-state index is 12.4. The van der Waals surface area contributed by atoms with Gasteiger partial charge in [0.2, 0.25) is 0 Å². The molecule has 0 aromatic heterocycles. The maximum Gasteiger partial charge on any atom is 0.294 e. The van der Waals surface area contributed by atoms with Gasteiger partial charge in [0.1, 0.15) is 0 Å². The van der Waals surface area contributed by atoms with E-state index in [1.807, 2.05) is 6.07 Å². The summed E-state index contributed by atoms with van der Waals surface area (Å²) in [5, 5.41) is 2.16. The summed E-state index contributed by atoms with van der Waals surface area (Å²) >= 11 is 0. The molecule has 0 bridgehead atoms. The van der Waals surface area contributed by atoms with Gasteiger partial charge < -0.3 is 0 Å². The highest BCUT2D eigenvalue weighted by atomic mass is 32.2. The lowest BCUT2D eigenvalue weighted by Crippen LogP contribution is -2.05. The smallest absolute Gasteiger partial charge is 0.282 e. The fourth-order valence-corrected chi connectivity index (χ4v) is 7.98. The molecule has 0 saturated heterocycles. The summed E-state index contributed by atoms with van der Waals surface area (Å²) in [5.74, 6) is 0. The predicted molar refractivity (Wildman–Crippen MR) is 202 cm³/mol. The highest BCUT2D eigenvalue weighted by Gasteiger charge is 2.19. The van der Waals surface area contributed by atoms with E-state index in [0.717, 1.165) is 42.0 Å². The lowest BCUT2D eigenvalue weighted by molar-refractivity contribution is 0.481. The molecule has 3 nitrogen and oxygen atoms in total. The zero-order valence-corrected chi connectivity index (χ0v) is 31.1. The van der Waals surface area contributed by atoms with E-state index in [1.54, 1.807) is 6.07 Å². The van der Waals surface area contributed by atoms with Gasteiger partial charge in [0.25, 0.3) is 10.1 Å². The van der Waals surface area contributed by atoms with E-state index in [1.165, 1.54) is 166 Å². The first-order valence-electron chi connectivity index (χ1n) is 20.0. The van der Waals surface area contributed by atoms with Crippen LogP contribution in [0.15, 0.2) is 35.2 Å². The summed E-state index contributed by atoms with van der Waals surface area (Å²) in [6, 6.07) is 9.86. The number of benzene rings is 2. The van der Waals surface area contributed by atoms with E-state index in [9.17, 15) is 13.0 Å². The van der Waals surface area contributed by atoms with Crippen LogP contribution in [-0.4, -0.2) is 13.0 Å². The Bertz CT molecular complexity index is 1120. The minimum absolute atomic E-state index is 0.114. The van der Waals surface area contributed by atoms with Gasteiger partial charge in [0.05, 0.1) is 4.90 Å². The summed E-state index contributed by atoms with van der Waals surface area (Å²) < 4.78 is 34.9. The molecule has 2 aromatic carbocycles. The van der Waals surface area contributed by atoms with Crippen molar-refractivity contribution in [3.8, 4) is 0 Å². The first-order chi connectivity index (χ1) is 22.5. The Kier molecular flexibility index (Phi) is 23.5. The van der Waals surface area contributed by atoms with E-state index < -0.39 is 10.1 Å². The molecule has 1 N–H and O–H groups in total. The summed E-state index contributed by atoms with van der Waals surface area (Å²) in [4.78, 5) is 0.114. The second-order valence-electron chi connectivity index (χ2n) is 14.2. The average Bonchev–Trinajstić information content (AvgIpc) is 3.04. The fraction of sp³-hybridized carbons (Fsp3) is 0.762.